The van der Waals surface area contributed by atoms with E-state index in [2.05, 4.69) is 20.9 Å². The van der Waals surface area contributed by atoms with Crippen LogP contribution in [0.5, 0.6) is 0 Å². The van der Waals surface area contributed by atoms with Crippen LogP contribution in [-0.2, 0) is 4.74 Å². The lowest BCUT2D eigenvalue weighted by Crippen LogP contribution is -2.42. The summed E-state index contributed by atoms with van der Waals surface area (Å²) in [6.45, 7) is 5.13. The average molecular weight is 398 g/mol. The van der Waals surface area contributed by atoms with Crippen molar-refractivity contribution in [1.82, 2.24) is 9.66 Å². The number of aromatic nitrogens is 2. The van der Waals surface area contributed by atoms with Gasteiger partial charge in [-0.1, -0.05) is 0 Å². The second kappa shape index (κ2) is 6.23. The van der Waals surface area contributed by atoms with E-state index in [4.69, 9.17) is 4.74 Å². The molecule has 0 spiro atoms. The number of aromatic carboxylic acids is 1. The highest BCUT2D eigenvalue weighted by atomic mass is 79.9. The van der Waals surface area contributed by atoms with Crippen LogP contribution in [0.25, 0.3) is 11.0 Å². The van der Waals surface area contributed by atoms with Gasteiger partial charge in [-0.15, -0.1) is 0 Å². The van der Waals surface area contributed by atoms with Gasteiger partial charge in [0.1, 0.15) is 11.2 Å². The topological polar surface area (TPSA) is 102 Å². The Balaban J connectivity index is 2.69. The van der Waals surface area contributed by atoms with Gasteiger partial charge in [0.25, 0.3) is 0 Å². The zero-order valence-electron chi connectivity index (χ0n) is 13.5. The van der Waals surface area contributed by atoms with E-state index in [9.17, 15) is 19.5 Å². The molecule has 0 aliphatic carbocycles. The number of pyridine rings is 2. The summed E-state index contributed by atoms with van der Waals surface area (Å²) in [6.07, 6.45) is 1.79. The Hall–Kier alpha value is -2.42. The zero-order valence-corrected chi connectivity index (χ0v) is 15.1. The Morgan fingerprint density at radius 2 is 2.00 bits per heavy atom. The first-order chi connectivity index (χ1) is 11.0. The van der Waals surface area contributed by atoms with Gasteiger partial charge in [-0.05, 0) is 42.8 Å². The molecule has 2 rings (SSSR count). The summed E-state index contributed by atoms with van der Waals surface area (Å²) < 4.78 is 6.96. The fraction of sp³-hybridized carbons (Fsp3) is 0.333. The molecule has 2 aromatic rings. The van der Waals surface area contributed by atoms with E-state index >= 15 is 0 Å². The largest absolute Gasteiger partial charge is 0.477 e. The molecule has 0 radical (unpaired) electrons. The molecule has 0 fully saturated rings. The predicted octanol–water partition coefficient (Wildman–Crippen LogP) is 2.36. The van der Waals surface area contributed by atoms with Crippen LogP contribution in [0.2, 0.25) is 0 Å². The second-order valence-corrected chi connectivity index (χ2v) is 6.97. The summed E-state index contributed by atoms with van der Waals surface area (Å²) >= 11 is 3.20. The Morgan fingerprint density at radius 3 is 2.54 bits per heavy atom. The smallest absolute Gasteiger partial charge is 0.429 e. The van der Waals surface area contributed by atoms with Crippen LogP contribution in [0.15, 0.2) is 27.7 Å². The van der Waals surface area contributed by atoms with E-state index in [-0.39, 0.29) is 11.0 Å². The highest BCUT2D eigenvalue weighted by Gasteiger charge is 2.24. The van der Waals surface area contributed by atoms with E-state index in [1.54, 1.807) is 20.8 Å². The van der Waals surface area contributed by atoms with Crippen molar-refractivity contribution in [3.8, 4) is 0 Å². The maximum absolute atomic E-state index is 12.3. The number of carboxylic acid groups (broad SMARTS) is 1. The number of amides is 1. The molecule has 0 saturated carbocycles. The second-order valence-electron chi connectivity index (χ2n) is 6.05. The third kappa shape index (κ3) is 3.56. The van der Waals surface area contributed by atoms with Crippen LogP contribution in [0.4, 0.5) is 4.79 Å². The van der Waals surface area contributed by atoms with E-state index < -0.39 is 28.7 Å². The molecule has 0 aromatic carbocycles. The fourth-order valence-electron chi connectivity index (χ4n) is 1.97. The van der Waals surface area contributed by atoms with E-state index in [1.807, 2.05) is 0 Å². The van der Waals surface area contributed by atoms with Crippen LogP contribution in [0.3, 0.4) is 0 Å². The number of carbonyl (C=O) groups is 2. The zero-order chi connectivity index (χ0) is 18.2. The van der Waals surface area contributed by atoms with Crippen molar-refractivity contribution in [2.75, 3.05) is 12.1 Å². The quantitative estimate of drug-likeness (QED) is 0.834. The van der Waals surface area contributed by atoms with Crippen molar-refractivity contribution >= 4 is 39.0 Å². The molecule has 128 valence electrons. The summed E-state index contributed by atoms with van der Waals surface area (Å²) in [5, 5.41) is 10.4. The van der Waals surface area contributed by atoms with Gasteiger partial charge < -0.3 is 9.84 Å². The fourth-order valence-corrected chi connectivity index (χ4v) is 2.30. The molecule has 1 amide bonds. The van der Waals surface area contributed by atoms with Gasteiger partial charge in [0.05, 0.1) is 5.39 Å². The molecule has 0 bridgehead atoms. The number of carbonyl (C=O) groups excluding carboxylic acids is 1. The molecule has 0 aliphatic rings. The van der Waals surface area contributed by atoms with Crippen LogP contribution in [-0.4, -0.2) is 39.5 Å². The van der Waals surface area contributed by atoms with Gasteiger partial charge in [0, 0.05) is 23.9 Å². The summed E-state index contributed by atoms with van der Waals surface area (Å²) in [7, 11) is 1.40. The first kappa shape index (κ1) is 17.9. The lowest BCUT2D eigenvalue weighted by molar-refractivity contribution is 0.0549. The molecule has 8 nitrogen and oxygen atoms in total. The molecule has 0 aliphatic heterocycles. The molecular formula is C15H16BrN3O5. The van der Waals surface area contributed by atoms with Crippen molar-refractivity contribution in [2.24, 2.45) is 0 Å². The van der Waals surface area contributed by atoms with Crippen molar-refractivity contribution in [3.05, 3.63) is 38.7 Å². The highest BCUT2D eigenvalue weighted by molar-refractivity contribution is 9.10. The third-order valence-electron chi connectivity index (χ3n) is 3.00. The Kier molecular flexibility index (Phi) is 4.66. The van der Waals surface area contributed by atoms with Gasteiger partial charge >= 0.3 is 12.1 Å². The van der Waals surface area contributed by atoms with Crippen molar-refractivity contribution < 1.29 is 19.4 Å². The minimum Gasteiger partial charge on any atom is -0.477 e. The minimum atomic E-state index is -1.40. The third-order valence-corrected chi connectivity index (χ3v) is 3.44. The van der Waals surface area contributed by atoms with Crippen molar-refractivity contribution in [1.29, 1.82) is 0 Å². The lowest BCUT2D eigenvalue weighted by atomic mass is 10.2. The molecule has 2 heterocycles. The normalized spacial score (nSPS) is 11.4. The molecule has 1 N–H and O–H groups in total. The van der Waals surface area contributed by atoms with Crippen LogP contribution < -0.4 is 10.4 Å². The lowest BCUT2D eigenvalue weighted by Gasteiger charge is -2.26. The van der Waals surface area contributed by atoms with Crippen LogP contribution >= 0.6 is 15.9 Å². The number of halogens is 1. The Bertz CT molecular complexity index is 885. The molecule has 9 heteroatoms. The Morgan fingerprint density at radius 1 is 1.38 bits per heavy atom. The number of rotatable bonds is 2. The maximum Gasteiger partial charge on any atom is 0.429 e. The van der Waals surface area contributed by atoms with Gasteiger partial charge in [0.15, 0.2) is 5.65 Å². The SMILES string of the molecule is CN(C(=O)OC(C)(C)C)n1cc(C(=O)O)c(=O)c2cc(Br)cnc21. The molecular weight excluding hydrogens is 382 g/mol. The molecule has 0 saturated heterocycles. The number of fused-ring (bicyclic) bond motifs is 1. The number of ether oxygens (including phenoxy) is 1. The van der Waals surface area contributed by atoms with E-state index in [0.717, 1.165) is 11.2 Å². The summed E-state index contributed by atoms with van der Waals surface area (Å²) in [4.78, 5) is 40.0. The van der Waals surface area contributed by atoms with Gasteiger partial charge in [0.2, 0.25) is 5.43 Å². The predicted molar refractivity (Wildman–Crippen MR) is 91.0 cm³/mol. The number of nitrogens with zero attached hydrogens (tertiary/aromatic N) is 3. The summed E-state index contributed by atoms with van der Waals surface area (Å²) in [5.74, 6) is -1.40. The molecule has 2 aromatic heterocycles. The number of hydrogen-bond donors (Lipinski definition) is 1. The monoisotopic (exact) mass is 397 g/mol. The maximum atomic E-state index is 12.3. The summed E-state index contributed by atoms with van der Waals surface area (Å²) in [5.41, 5.74) is -1.74. The summed E-state index contributed by atoms with van der Waals surface area (Å²) in [6, 6.07) is 1.45. The van der Waals surface area contributed by atoms with Crippen molar-refractivity contribution in [3.63, 3.8) is 0 Å². The van der Waals surface area contributed by atoms with E-state index in [0.29, 0.717) is 4.47 Å². The first-order valence-electron chi connectivity index (χ1n) is 6.92. The van der Waals surface area contributed by atoms with Gasteiger partial charge in [-0.2, -0.15) is 0 Å². The molecule has 0 atom stereocenters. The van der Waals surface area contributed by atoms with Gasteiger partial charge in [-0.25, -0.2) is 24.3 Å². The minimum absolute atomic E-state index is 0.0692. The standard InChI is InChI=1S/C15H16BrN3O5/c1-15(2,3)24-14(23)18(4)19-7-10(13(21)22)11(20)9-5-8(16)6-17-12(9)19/h5-7H,1-4H3,(H,21,22). The van der Waals surface area contributed by atoms with Crippen LogP contribution in [0, 0.1) is 0 Å². The van der Waals surface area contributed by atoms with Crippen molar-refractivity contribution in [2.45, 2.75) is 26.4 Å². The van der Waals surface area contributed by atoms with Gasteiger partial charge in [-0.3, -0.25) is 4.79 Å². The molecule has 0 unspecified atom stereocenters. The highest BCUT2D eigenvalue weighted by Crippen LogP contribution is 2.17. The van der Waals surface area contributed by atoms with Crippen LogP contribution in [0.1, 0.15) is 31.1 Å². The van der Waals surface area contributed by atoms with E-state index in [1.165, 1.54) is 24.0 Å². The average Bonchev–Trinajstić information content (AvgIpc) is 2.45. The number of carboxylic acids is 1. The first-order valence-corrected chi connectivity index (χ1v) is 7.72. The number of hydrogen-bond acceptors (Lipinski definition) is 5. The Labute approximate surface area is 145 Å². The molecule has 24 heavy (non-hydrogen) atoms.